The molecular formula is C14H7F3N4O5S. The number of aromatic hydroxyl groups is 2. The number of halogens is 3. The van der Waals surface area contributed by atoms with E-state index in [-0.39, 0.29) is 16.1 Å². The van der Waals surface area contributed by atoms with E-state index in [1.165, 1.54) is 0 Å². The zero-order chi connectivity index (χ0) is 19.9. The van der Waals surface area contributed by atoms with Crippen molar-refractivity contribution in [3.63, 3.8) is 0 Å². The normalized spacial score (nSPS) is 11.5. The van der Waals surface area contributed by atoms with Gasteiger partial charge < -0.3 is 15.2 Å². The average molecular weight is 400 g/mol. The number of alkyl halides is 3. The molecule has 140 valence electrons. The van der Waals surface area contributed by atoms with Crippen LogP contribution in [-0.2, 0) is 6.18 Å². The second-order valence-corrected chi connectivity index (χ2v) is 5.92. The van der Waals surface area contributed by atoms with Gasteiger partial charge in [-0.15, -0.1) is 5.10 Å². The third-order valence-corrected chi connectivity index (χ3v) is 4.26. The molecule has 3 N–H and O–H groups in total. The Hall–Kier alpha value is -3.48. The Morgan fingerprint density at radius 2 is 1.96 bits per heavy atom. The Balaban J connectivity index is 2.30. The van der Waals surface area contributed by atoms with Crippen LogP contribution in [0.4, 0.5) is 18.9 Å². The van der Waals surface area contributed by atoms with E-state index >= 15 is 0 Å². The lowest BCUT2D eigenvalue weighted by Crippen LogP contribution is -2.17. The van der Waals surface area contributed by atoms with Crippen molar-refractivity contribution in [1.82, 2.24) is 14.6 Å². The number of benzene rings is 1. The number of nitro benzene ring substituents is 1. The molecule has 13 heteroatoms. The number of H-pyrrole nitrogens is 1. The summed E-state index contributed by atoms with van der Waals surface area (Å²) in [5.74, 6) is -1.89. The molecule has 9 nitrogen and oxygen atoms in total. The van der Waals surface area contributed by atoms with Crippen LogP contribution in [0.1, 0.15) is 5.56 Å². The van der Waals surface area contributed by atoms with Gasteiger partial charge in [0.15, 0.2) is 5.75 Å². The first kappa shape index (κ1) is 18.3. The molecule has 0 aliphatic heterocycles. The van der Waals surface area contributed by atoms with Crippen molar-refractivity contribution in [3.8, 4) is 33.2 Å². The van der Waals surface area contributed by atoms with Crippen molar-refractivity contribution in [3.05, 3.63) is 50.4 Å². The molecule has 0 unspecified atom stereocenters. The zero-order valence-corrected chi connectivity index (χ0v) is 13.6. The van der Waals surface area contributed by atoms with Crippen LogP contribution in [0, 0.1) is 10.1 Å². The van der Waals surface area contributed by atoms with Gasteiger partial charge in [0, 0.05) is 17.8 Å². The Kier molecular flexibility index (Phi) is 4.31. The summed E-state index contributed by atoms with van der Waals surface area (Å²) in [6, 6.07) is 2.34. The first-order valence-electron chi connectivity index (χ1n) is 6.93. The lowest BCUT2D eigenvalue weighted by Gasteiger charge is -2.11. The highest BCUT2D eigenvalue weighted by atomic mass is 32.1. The number of nitrogens with zero attached hydrogens (tertiary/aromatic N) is 3. The van der Waals surface area contributed by atoms with E-state index in [4.69, 9.17) is 0 Å². The molecule has 0 amide bonds. The minimum Gasteiger partial charge on any atom is -0.504 e. The highest BCUT2D eigenvalue weighted by molar-refractivity contribution is 7.09. The maximum atomic E-state index is 13.3. The molecule has 0 bridgehead atoms. The fourth-order valence-electron chi connectivity index (χ4n) is 2.36. The van der Waals surface area contributed by atoms with Gasteiger partial charge >= 0.3 is 11.9 Å². The third-order valence-electron chi connectivity index (χ3n) is 3.52. The first-order chi connectivity index (χ1) is 12.6. The minimum atomic E-state index is -4.85. The second-order valence-electron chi connectivity index (χ2n) is 5.16. The standard InChI is InChI=1S/C14H7F3N4O5S/c15-14(16,17)6-1-2-18-13(24)9(6)12-10(19-20-27-12)5-3-7(21(25)26)11(23)8(22)4-5/h1-4,22-23H,(H,18,24). The largest absolute Gasteiger partial charge is 0.504 e. The van der Waals surface area contributed by atoms with E-state index < -0.39 is 45.0 Å². The molecule has 1 aromatic carbocycles. The van der Waals surface area contributed by atoms with Gasteiger partial charge in [-0.2, -0.15) is 13.2 Å². The molecule has 3 rings (SSSR count). The number of nitro groups is 1. The van der Waals surface area contributed by atoms with Gasteiger partial charge in [-0.05, 0) is 23.7 Å². The summed E-state index contributed by atoms with van der Waals surface area (Å²) in [5.41, 5.74) is -4.43. The Morgan fingerprint density at radius 1 is 1.26 bits per heavy atom. The van der Waals surface area contributed by atoms with Crippen LogP contribution in [0.25, 0.3) is 21.7 Å². The summed E-state index contributed by atoms with van der Waals surface area (Å²) in [4.78, 5) is 23.9. The molecule has 0 aliphatic carbocycles. The molecule has 0 aliphatic rings. The summed E-state index contributed by atoms with van der Waals surface area (Å²) < 4.78 is 43.4. The number of phenolic OH excluding ortho intramolecular Hbond substituents is 2. The predicted octanol–water partition coefficient (Wildman–Crippen LogP) is 2.90. The highest BCUT2D eigenvalue weighted by Crippen LogP contribution is 2.43. The molecule has 3 aromatic rings. The summed E-state index contributed by atoms with van der Waals surface area (Å²) in [6.45, 7) is 0. The molecule has 27 heavy (non-hydrogen) atoms. The van der Waals surface area contributed by atoms with Crippen molar-refractivity contribution in [2.24, 2.45) is 0 Å². The van der Waals surface area contributed by atoms with Gasteiger partial charge in [0.25, 0.3) is 5.56 Å². The molecule has 0 saturated carbocycles. The molecule has 0 fully saturated rings. The van der Waals surface area contributed by atoms with E-state index in [1.54, 1.807) is 0 Å². The van der Waals surface area contributed by atoms with E-state index in [0.717, 1.165) is 18.3 Å². The number of nitrogens with one attached hydrogen (secondary N) is 1. The van der Waals surface area contributed by atoms with E-state index in [2.05, 4.69) is 14.6 Å². The van der Waals surface area contributed by atoms with Crippen LogP contribution in [0.15, 0.2) is 29.2 Å². The van der Waals surface area contributed by atoms with Crippen LogP contribution in [0.2, 0.25) is 0 Å². The molecule has 2 heterocycles. The molecule has 0 spiro atoms. The highest BCUT2D eigenvalue weighted by Gasteiger charge is 2.36. The van der Waals surface area contributed by atoms with Crippen molar-refractivity contribution in [2.75, 3.05) is 0 Å². The fourth-order valence-corrected chi connectivity index (χ4v) is 3.11. The van der Waals surface area contributed by atoms with E-state index in [9.17, 15) is 38.3 Å². The molecular weight excluding hydrogens is 393 g/mol. The molecule has 0 atom stereocenters. The van der Waals surface area contributed by atoms with Crippen LogP contribution in [-0.4, -0.2) is 29.7 Å². The number of hydrogen-bond acceptors (Lipinski definition) is 8. The van der Waals surface area contributed by atoms with Gasteiger partial charge in [-0.3, -0.25) is 14.9 Å². The van der Waals surface area contributed by atoms with Crippen LogP contribution < -0.4 is 5.56 Å². The Bertz CT molecular complexity index is 1110. The maximum Gasteiger partial charge on any atom is 0.417 e. The SMILES string of the molecule is O=c1[nH]ccc(C(F)(F)F)c1-c1snnc1-c1cc(O)c(O)c([N+](=O)[O-])c1. The Labute approximate surface area is 150 Å². The number of aromatic nitrogens is 3. The number of hydrogen-bond donors (Lipinski definition) is 3. The molecule has 2 aromatic heterocycles. The Morgan fingerprint density at radius 3 is 2.59 bits per heavy atom. The molecule has 0 saturated heterocycles. The minimum absolute atomic E-state index is 0.197. The maximum absolute atomic E-state index is 13.3. The van der Waals surface area contributed by atoms with Gasteiger partial charge in [-0.1, -0.05) is 4.49 Å². The summed E-state index contributed by atoms with van der Waals surface area (Å²) in [7, 11) is 0. The van der Waals surface area contributed by atoms with Crippen molar-refractivity contribution in [2.45, 2.75) is 6.18 Å². The van der Waals surface area contributed by atoms with Gasteiger partial charge in [0.2, 0.25) is 5.75 Å². The van der Waals surface area contributed by atoms with Crippen LogP contribution in [0.3, 0.4) is 0 Å². The number of rotatable bonds is 3. The monoisotopic (exact) mass is 400 g/mol. The quantitative estimate of drug-likeness (QED) is 0.348. The lowest BCUT2D eigenvalue weighted by atomic mass is 10.0. The summed E-state index contributed by atoms with van der Waals surface area (Å²) in [6.07, 6.45) is -4.02. The summed E-state index contributed by atoms with van der Waals surface area (Å²) in [5, 5.41) is 33.8. The van der Waals surface area contributed by atoms with E-state index in [0.29, 0.717) is 17.6 Å². The van der Waals surface area contributed by atoms with Crippen molar-refractivity contribution >= 4 is 17.2 Å². The fraction of sp³-hybridized carbons (Fsp3) is 0.0714. The number of phenols is 2. The molecule has 0 radical (unpaired) electrons. The lowest BCUT2D eigenvalue weighted by molar-refractivity contribution is -0.385. The third kappa shape index (κ3) is 3.19. The summed E-state index contributed by atoms with van der Waals surface area (Å²) >= 11 is 0.471. The van der Waals surface area contributed by atoms with Crippen molar-refractivity contribution < 1.29 is 28.3 Å². The number of pyridine rings is 1. The smallest absolute Gasteiger partial charge is 0.417 e. The second kappa shape index (κ2) is 6.35. The topological polar surface area (TPSA) is 142 Å². The predicted molar refractivity (Wildman–Crippen MR) is 86.4 cm³/mol. The van der Waals surface area contributed by atoms with Gasteiger partial charge in [0.05, 0.1) is 20.9 Å². The van der Waals surface area contributed by atoms with Crippen LogP contribution in [0.5, 0.6) is 11.5 Å². The van der Waals surface area contributed by atoms with Crippen molar-refractivity contribution in [1.29, 1.82) is 0 Å². The zero-order valence-electron chi connectivity index (χ0n) is 12.8. The van der Waals surface area contributed by atoms with E-state index in [1.807, 2.05) is 0 Å². The van der Waals surface area contributed by atoms with Gasteiger partial charge in [-0.25, -0.2) is 0 Å². The average Bonchev–Trinajstić information content (AvgIpc) is 3.05. The van der Waals surface area contributed by atoms with Gasteiger partial charge in [0.1, 0.15) is 5.69 Å². The first-order valence-corrected chi connectivity index (χ1v) is 7.71. The number of aromatic amines is 1. The van der Waals surface area contributed by atoms with Crippen LogP contribution >= 0.6 is 11.5 Å².